The van der Waals surface area contributed by atoms with Crippen molar-refractivity contribution < 1.29 is 33.5 Å². The highest BCUT2D eigenvalue weighted by atomic mass is 35.5. The Morgan fingerprint density at radius 3 is 2.33 bits per heavy atom. The number of rotatable bonds is 2. The van der Waals surface area contributed by atoms with Gasteiger partial charge in [0.05, 0.1) is 17.5 Å². The molecule has 2 aromatic rings. The van der Waals surface area contributed by atoms with Crippen molar-refractivity contribution in [3.63, 3.8) is 0 Å². The summed E-state index contributed by atoms with van der Waals surface area (Å²) in [5.74, 6) is -7.92. The quantitative estimate of drug-likeness (QED) is 0.322. The molecular weight excluding hydrogens is 552 g/mol. The Balaban J connectivity index is 1.56. The zero-order valence-corrected chi connectivity index (χ0v) is 21.5. The molecule has 2 saturated heterocycles. The van der Waals surface area contributed by atoms with Gasteiger partial charge in [-0.2, -0.15) is 4.90 Å². The molecule has 9 nitrogen and oxygen atoms in total. The van der Waals surface area contributed by atoms with Crippen molar-refractivity contribution in [1.82, 2.24) is 4.90 Å². The fourth-order valence-electron chi connectivity index (χ4n) is 6.69. The van der Waals surface area contributed by atoms with Gasteiger partial charge in [-0.25, -0.2) is 14.1 Å². The highest BCUT2D eigenvalue weighted by Crippen LogP contribution is 2.65. The van der Waals surface area contributed by atoms with Gasteiger partial charge in [0, 0.05) is 5.92 Å². The van der Waals surface area contributed by atoms with Crippen molar-refractivity contribution in [3.05, 3.63) is 71.6 Å². The van der Waals surface area contributed by atoms with E-state index in [1.54, 1.807) is 12.1 Å². The number of amides is 6. The van der Waals surface area contributed by atoms with E-state index in [4.69, 9.17) is 28.9 Å². The molecule has 12 heteroatoms. The number of phenolic OH excluding ortho intramolecular Hbond substituents is 1. The van der Waals surface area contributed by atoms with Crippen LogP contribution in [0.5, 0.6) is 5.75 Å². The minimum absolute atomic E-state index is 0.0531. The Morgan fingerprint density at radius 1 is 1.00 bits per heavy atom. The number of nitrogens with two attached hydrogens (primary N) is 1. The summed E-state index contributed by atoms with van der Waals surface area (Å²) in [7, 11) is 0. The third-order valence-corrected chi connectivity index (χ3v) is 9.73. The number of fused-ring (bicyclic) bond motifs is 4. The van der Waals surface area contributed by atoms with E-state index >= 15 is 0 Å². The maximum absolute atomic E-state index is 14.1. The average molecular weight is 572 g/mol. The first-order chi connectivity index (χ1) is 18.4. The van der Waals surface area contributed by atoms with Crippen LogP contribution in [0.1, 0.15) is 24.3 Å². The molecule has 2 aliphatic heterocycles. The second-order valence-electron chi connectivity index (χ2n) is 10.2. The predicted octanol–water partition coefficient (Wildman–Crippen LogP) is 3.17. The molecule has 4 aliphatic rings. The number of imide groups is 4. The summed E-state index contributed by atoms with van der Waals surface area (Å²) >= 11 is 14.3. The number of allylic oxidation sites excluding steroid dienone is 2. The molecule has 39 heavy (non-hydrogen) atoms. The highest BCUT2D eigenvalue weighted by Gasteiger charge is 2.76. The number of carbonyl (C=O) groups is 5. The zero-order valence-electron chi connectivity index (χ0n) is 20.0. The maximum Gasteiger partial charge on any atom is 0.328 e. The normalized spacial score (nSPS) is 33.6. The van der Waals surface area contributed by atoms with Crippen LogP contribution in [-0.4, -0.2) is 49.4 Å². The van der Waals surface area contributed by atoms with Crippen LogP contribution in [0.2, 0.25) is 0 Å². The summed E-state index contributed by atoms with van der Waals surface area (Å²) in [5, 5.41) is 10.3. The molecule has 6 rings (SSSR count). The topological polar surface area (TPSA) is 138 Å². The van der Waals surface area contributed by atoms with Crippen LogP contribution in [0, 0.1) is 23.6 Å². The molecule has 6 atom stereocenters. The first kappa shape index (κ1) is 25.5. The van der Waals surface area contributed by atoms with Gasteiger partial charge in [0.25, 0.3) is 11.8 Å². The summed E-state index contributed by atoms with van der Waals surface area (Å²) in [4.78, 5) is 63.3. The lowest BCUT2D eigenvalue weighted by molar-refractivity contribution is -0.136. The van der Waals surface area contributed by atoms with Gasteiger partial charge in [0.1, 0.15) is 11.6 Å². The summed E-state index contributed by atoms with van der Waals surface area (Å²) in [6.07, 6.45) is 1.45. The largest absolute Gasteiger partial charge is 0.508 e. The molecule has 0 unspecified atom stereocenters. The molecule has 3 N–H and O–H groups in total. The SMILES string of the molecule is NC(=O)N1C(=O)[C@H]2[C@H](CC=C3[C@H]2C[C@@]2(Cl)C(=O)N(c4ccc(F)cc4)C(=O)[C@@]2(Cl)[C@H]3c2cccc(O)c2)C1=O. The molecule has 0 aromatic heterocycles. The van der Waals surface area contributed by atoms with E-state index in [1.165, 1.54) is 30.3 Å². The number of hydrogen-bond donors (Lipinski definition) is 2. The van der Waals surface area contributed by atoms with E-state index in [9.17, 15) is 33.5 Å². The van der Waals surface area contributed by atoms with E-state index in [0.29, 0.717) is 16.0 Å². The lowest BCUT2D eigenvalue weighted by atomic mass is 9.56. The van der Waals surface area contributed by atoms with Crippen LogP contribution in [0.4, 0.5) is 14.9 Å². The number of aromatic hydroxyl groups is 1. The number of halogens is 3. The van der Waals surface area contributed by atoms with Gasteiger partial charge in [0.15, 0.2) is 9.75 Å². The first-order valence-electron chi connectivity index (χ1n) is 12.1. The number of phenols is 1. The molecule has 200 valence electrons. The van der Waals surface area contributed by atoms with Crippen LogP contribution in [0.25, 0.3) is 0 Å². The number of alkyl halides is 2. The monoisotopic (exact) mass is 571 g/mol. The van der Waals surface area contributed by atoms with Crippen molar-refractivity contribution in [2.24, 2.45) is 23.5 Å². The number of primary amides is 1. The van der Waals surface area contributed by atoms with E-state index < -0.39 is 68.9 Å². The van der Waals surface area contributed by atoms with Gasteiger partial charge in [-0.1, -0.05) is 23.8 Å². The predicted molar refractivity (Wildman–Crippen MR) is 136 cm³/mol. The van der Waals surface area contributed by atoms with Gasteiger partial charge in [-0.05, 0) is 60.7 Å². The zero-order chi connectivity index (χ0) is 28.0. The summed E-state index contributed by atoms with van der Waals surface area (Å²) in [5.41, 5.74) is 6.22. The third-order valence-electron chi connectivity index (χ3n) is 8.32. The lowest BCUT2D eigenvalue weighted by Gasteiger charge is -2.50. The number of hydrogen-bond acceptors (Lipinski definition) is 6. The van der Waals surface area contributed by atoms with Gasteiger partial charge >= 0.3 is 6.03 Å². The summed E-state index contributed by atoms with van der Waals surface area (Å²) in [6.45, 7) is 0. The molecule has 3 fully saturated rings. The molecule has 0 radical (unpaired) electrons. The van der Waals surface area contributed by atoms with Crippen LogP contribution < -0.4 is 10.6 Å². The number of anilines is 1. The van der Waals surface area contributed by atoms with Crippen LogP contribution in [0.3, 0.4) is 0 Å². The summed E-state index contributed by atoms with van der Waals surface area (Å²) in [6, 6.07) is 9.41. The molecule has 2 heterocycles. The van der Waals surface area contributed by atoms with Gasteiger partial charge in [-0.15, -0.1) is 23.2 Å². The number of carbonyl (C=O) groups excluding carboxylic acids is 5. The Hall–Kier alpha value is -3.76. The first-order valence-corrected chi connectivity index (χ1v) is 12.9. The van der Waals surface area contributed by atoms with Gasteiger partial charge in [0.2, 0.25) is 11.8 Å². The van der Waals surface area contributed by atoms with E-state index in [-0.39, 0.29) is 24.3 Å². The Bertz CT molecular complexity index is 1530. The highest BCUT2D eigenvalue weighted by molar-refractivity contribution is 6.58. The second-order valence-corrected chi connectivity index (χ2v) is 11.4. The lowest BCUT2D eigenvalue weighted by Crippen LogP contribution is -2.60. The van der Waals surface area contributed by atoms with Crippen LogP contribution in [0.15, 0.2) is 60.2 Å². The van der Waals surface area contributed by atoms with Crippen LogP contribution >= 0.6 is 23.2 Å². The molecule has 6 amide bonds. The Morgan fingerprint density at radius 2 is 1.69 bits per heavy atom. The third kappa shape index (κ3) is 3.21. The fraction of sp³-hybridized carbons (Fsp3) is 0.296. The molecular formula is C27H20Cl2FN3O6. The number of nitrogens with zero attached hydrogens (tertiary/aromatic N) is 2. The standard InChI is InChI=1S/C27H20Cl2FN3O6/c28-26-11-18-16(8-9-17-19(18)22(36)33(21(17)35)25(31)39)20(12-2-1-3-15(34)10-12)27(26,29)24(38)32(23(26)37)14-6-4-13(30)5-7-14/h1-8,10,17-20,34H,9,11H2,(H2,31,39)/t17-,18+,19-,20-,26+,27-/m0/s1. The van der Waals surface area contributed by atoms with E-state index in [1.807, 2.05) is 0 Å². The van der Waals surface area contributed by atoms with E-state index in [0.717, 1.165) is 17.0 Å². The maximum atomic E-state index is 14.1. The van der Waals surface area contributed by atoms with Crippen molar-refractivity contribution in [2.75, 3.05) is 4.90 Å². The Labute approximate surface area is 230 Å². The van der Waals surface area contributed by atoms with Crippen molar-refractivity contribution in [1.29, 1.82) is 0 Å². The van der Waals surface area contributed by atoms with Crippen molar-refractivity contribution >= 4 is 58.5 Å². The second kappa shape index (κ2) is 8.37. The fourth-order valence-corrected chi connectivity index (χ4v) is 7.63. The average Bonchev–Trinajstić information content (AvgIpc) is 3.23. The number of likely N-dealkylation sites (tertiary alicyclic amines) is 1. The van der Waals surface area contributed by atoms with Gasteiger partial charge < -0.3 is 10.8 Å². The number of urea groups is 1. The Kier molecular flexibility index (Phi) is 5.47. The smallest absolute Gasteiger partial charge is 0.328 e. The van der Waals surface area contributed by atoms with Crippen molar-refractivity contribution in [3.8, 4) is 5.75 Å². The molecule has 0 bridgehead atoms. The molecule has 1 saturated carbocycles. The van der Waals surface area contributed by atoms with E-state index in [2.05, 4.69) is 0 Å². The van der Waals surface area contributed by atoms with Crippen molar-refractivity contribution in [2.45, 2.75) is 28.5 Å². The molecule has 2 aliphatic carbocycles. The molecule has 0 spiro atoms. The van der Waals surface area contributed by atoms with Crippen LogP contribution in [-0.2, 0) is 19.2 Å². The molecule has 2 aromatic carbocycles. The number of benzene rings is 2. The van der Waals surface area contributed by atoms with Gasteiger partial charge in [-0.3, -0.25) is 19.2 Å². The minimum Gasteiger partial charge on any atom is -0.508 e. The summed E-state index contributed by atoms with van der Waals surface area (Å²) < 4.78 is 13.7. The minimum atomic E-state index is -2.11.